The molecule has 39 heavy (non-hydrogen) atoms. The van der Waals surface area contributed by atoms with Crippen LogP contribution in [0, 0.1) is 5.82 Å². The van der Waals surface area contributed by atoms with Crippen molar-refractivity contribution in [1.29, 1.82) is 0 Å². The maximum absolute atomic E-state index is 14.3. The van der Waals surface area contributed by atoms with E-state index in [0.717, 1.165) is 31.6 Å². The van der Waals surface area contributed by atoms with Gasteiger partial charge in [-0.1, -0.05) is 35.5 Å². The number of hydrogen-bond acceptors (Lipinski definition) is 8. The number of Topliss-reactive ketones (excluding diaryl/α,β-unsaturated/α-hetero) is 1. The van der Waals surface area contributed by atoms with Gasteiger partial charge in [0.15, 0.2) is 5.78 Å². The number of ether oxygens (including phenoxy) is 1. The summed E-state index contributed by atoms with van der Waals surface area (Å²) in [6.45, 7) is 5.40. The highest BCUT2D eigenvalue weighted by Gasteiger charge is 2.55. The number of amides is 1. The van der Waals surface area contributed by atoms with Crippen molar-refractivity contribution in [3.63, 3.8) is 0 Å². The van der Waals surface area contributed by atoms with Crippen molar-refractivity contribution in [2.24, 2.45) is 5.10 Å². The van der Waals surface area contributed by atoms with Crippen molar-refractivity contribution >= 4 is 23.1 Å². The highest BCUT2D eigenvalue weighted by molar-refractivity contribution is 6.43. The van der Waals surface area contributed by atoms with E-state index in [-0.39, 0.29) is 29.3 Å². The Hall–Kier alpha value is -4.05. The molecule has 3 aliphatic heterocycles. The molecule has 2 atom stereocenters. The van der Waals surface area contributed by atoms with Crippen LogP contribution in [0.4, 0.5) is 10.1 Å². The minimum absolute atomic E-state index is 0.106. The van der Waals surface area contributed by atoms with Gasteiger partial charge in [-0.05, 0) is 37.1 Å². The predicted molar refractivity (Wildman–Crippen MR) is 142 cm³/mol. The molecule has 0 bridgehead atoms. The molecule has 0 N–H and O–H groups in total. The number of fused-ring (bicyclic) bond motifs is 3. The van der Waals surface area contributed by atoms with Crippen LogP contribution in [0.2, 0.25) is 0 Å². The summed E-state index contributed by atoms with van der Waals surface area (Å²) in [6.07, 6.45) is 2.95. The number of hydrazone groups is 1. The highest BCUT2D eigenvalue weighted by atomic mass is 19.1. The van der Waals surface area contributed by atoms with E-state index in [1.165, 1.54) is 18.3 Å². The molecule has 0 saturated carbocycles. The Morgan fingerprint density at radius 1 is 1.08 bits per heavy atom. The summed E-state index contributed by atoms with van der Waals surface area (Å²) in [5, 5.41) is 10.2. The highest BCUT2D eigenvalue weighted by Crippen LogP contribution is 2.48. The van der Waals surface area contributed by atoms with E-state index >= 15 is 0 Å². The molecule has 1 amide bonds. The molecule has 0 aliphatic carbocycles. The first-order valence-electron chi connectivity index (χ1n) is 13.3. The Bertz CT molecular complexity index is 1390. The molecule has 2 aromatic carbocycles. The number of rotatable bonds is 7. The van der Waals surface area contributed by atoms with Crippen LogP contribution in [-0.2, 0) is 10.2 Å². The molecule has 6 rings (SSSR count). The minimum Gasteiger partial charge on any atom is -0.489 e. The van der Waals surface area contributed by atoms with Gasteiger partial charge in [0.05, 0.1) is 11.6 Å². The van der Waals surface area contributed by atoms with Crippen LogP contribution < -0.4 is 9.75 Å². The number of carbonyl (C=O) groups is 2. The smallest absolute Gasteiger partial charge is 0.292 e. The second kappa shape index (κ2) is 10.3. The molecular weight excluding hydrogens is 501 g/mol. The van der Waals surface area contributed by atoms with Crippen LogP contribution in [0.3, 0.4) is 0 Å². The van der Waals surface area contributed by atoms with Crippen LogP contribution in [0.15, 0.2) is 70.4 Å². The third kappa shape index (κ3) is 4.48. The van der Waals surface area contributed by atoms with Crippen molar-refractivity contribution in [2.75, 3.05) is 44.3 Å². The number of carbonyl (C=O) groups excluding carboxylic acids is 2. The Labute approximate surface area is 225 Å². The first-order chi connectivity index (χ1) is 19.0. The Morgan fingerprint density at radius 3 is 2.59 bits per heavy atom. The summed E-state index contributed by atoms with van der Waals surface area (Å²) in [7, 11) is 0. The largest absolute Gasteiger partial charge is 0.489 e. The summed E-state index contributed by atoms with van der Waals surface area (Å²) >= 11 is 0. The Kier molecular flexibility index (Phi) is 6.64. The second-order valence-electron chi connectivity index (χ2n) is 10.2. The molecule has 4 heterocycles. The molecule has 1 saturated heterocycles. The molecular formula is C29H30FN5O4. The first kappa shape index (κ1) is 25.2. The van der Waals surface area contributed by atoms with E-state index in [2.05, 4.69) is 10.1 Å². The molecule has 3 aromatic rings. The lowest BCUT2D eigenvalue weighted by Gasteiger charge is -2.42. The number of hydrogen-bond donors (Lipinski definition) is 0. The SMILES string of the molecule is CC(=O)C1=NN2c3cc(F)ccc3OCC2[C@@]1(CCCN1CCN(C(=O)c2ccno2)CC1)c1ccccc1. The Balaban J connectivity index is 1.22. The van der Waals surface area contributed by atoms with Crippen molar-refractivity contribution < 1.29 is 23.2 Å². The molecule has 1 aromatic heterocycles. The normalized spacial score (nSPS) is 22.6. The Morgan fingerprint density at radius 2 is 1.87 bits per heavy atom. The van der Waals surface area contributed by atoms with Crippen molar-refractivity contribution in [3.8, 4) is 5.75 Å². The average molecular weight is 532 g/mol. The van der Waals surface area contributed by atoms with Gasteiger partial charge < -0.3 is 14.2 Å². The third-order valence-electron chi connectivity index (χ3n) is 8.03. The quantitative estimate of drug-likeness (QED) is 0.461. The van der Waals surface area contributed by atoms with E-state index in [4.69, 9.17) is 14.4 Å². The van der Waals surface area contributed by atoms with Gasteiger partial charge >= 0.3 is 0 Å². The maximum atomic E-state index is 14.3. The van der Waals surface area contributed by atoms with Gasteiger partial charge in [-0.2, -0.15) is 5.10 Å². The molecule has 3 aliphatic rings. The summed E-state index contributed by atoms with van der Waals surface area (Å²) < 4.78 is 25.4. The van der Waals surface area contributed by atoms with Crippen molar-refractivity contribution in [2.45, 2.75) is 31.2 Å². The summed E-state index contributed by atoms with van der Waals surface area (Å²) in [6, 6.07) is 15.7. The van der Waals surface area contributed by atoms with Crippen molar-refractivity contribution in [3.05, 3.63) is 77.9 Å². The first-order valence-corrected chi connectivity index (χ1v) is 13.3. The maximum Gasteiger partial charge on any atom is 0.292 e. The van der Waals surface area contributed by atoms with E-state index in [1.807, 2.05) is 30.3 Å². The minimum atomic E-state index is -0.707. The van der Waals surface area contributed by atoms with E-state index < -0.39 is 5.41 Å². The topological polar surface area (TPSA) is 91.5 Å². The number of benzene rings is 2. The van der Waals surface area contributed by atoms with Gasteiger partial charge in [-0.15, -0.1) is 0 Å². The van der Waals surface area contributed by atoms with Crippen LogP contribution >= 0.6 is 0 Å². The van der Waals surface area contributed by atoms with Gasteiger partial charge in [-0.25, -0.2) is 4.39 Å². The lowest BCUT2D eigenvalue weighted by Crippen LogP contribution is -2.54. The predicted octanol–water partition coefficient (Wildman–Crippen LogP) is 3.52. The summed E-state index contributed by atoms with van der Waals surface area (Å²) in [4.78, 5) is 29.8. The zero-order valence-corrected chi connectivity index (χ0v) is 21.8. The number of nitrogens with zero attached hydrogens (tertiary/aromatic N) is 5. The van der Waals surface area contributed by atoms with Gasteiger partial charge in [0.25, 0.3) is 5.91 Å². The molecule has 1 unspecified atom stereocenters. The van der Waals surface area contributed by atoms with Crippen molar-refractivity contribution in [1.82, 2.24) is 15.0 Å². The standard InChI is InChI=1S/C29H30FN5O4/c1-20(36)27-29(21-6-3-2-4-7-21,26-19-38-24-9-8-22(30)18-23(24)35(26)32-27)11-5-13-33-14-16-34(17-15-33)28(37)25-10-12-31-39-25/h2-4,6-10,12,18,26H,5,11,13-17,19H2,1H3/t26?,29-/m1/s1. The fourth-order valence-corrected chi connectivity index (χ4v) is 6.14. The van der Waals surface area contributed by atoms with E-state index in [9.17, 15) is 14.0 Å². The number of anilines is 1. The zero-order valence-electron chi connectivity index (χ0n) is 21.8. The number of ketones is 1. The monoisotopic (exact) mass is 531 g/mol. The molecule has 0 radical (unpaired) electrons. The van der Waals surface area contributed by atoms with Gasteiger partial charge in [0.2, 0.25) is 5.76 Å². The third-order valence-corrected chi connectivity index (χ3v) is 8.03. The summed E-state index contributed by atoms with van der Waals surface area (Å²) in [5.41, 5.74) is 1.30. The fourth-order valence-electron chi connectivity index (χ4n) is 6.14. The molecule has 10 heteroatoms. The molecule has 0 spiro atoms. The molecule has 9 nitrogen and oxygen atoms in total. The van der Waals surface area contributed by atoms with Crippen LogP contribution in [-0.4, -0.2) is 77.7 Å². The lowest BCUT2D eigenvalue weighted by molar-refractivity contribution is -0.111. The summed E-state index contributed by atoms with van der Waals surface area (Å²) in [5.74, 6) is 0.186. The number of halogens is 1. The van der Waals surface area contributed by atoms with Gasteiger partial charge in [0, 0.05) is 45.2 Å². The fraction of sp³-hybridized carbons (Fsp3) is 0.379. The number of aromatic nitrogens is 1. The van der Waals surface area contributed by atoms with E-state index in [1.54, 1.807) is 29.0 Å². The van der Waals surface area contributed by atoms with E-state index in [0.29, 0.717) is 43.3 Å². The molecule has 1 fully saturated rings. The van der Waals surface area contributed by atoms with Crippen LogP contribution in [0.1, 0.15) is 35.9 Å². The average Bonchev–Trinajstić information content (AvgIpc) is 3.61. The molecule has 202 valence electrons. The van der Waals surface area contributed by atoms with Gasteiger partial charge in [-0.3, -0.25) is 19.5 Å². The second-order valence-corrected chi connectivity index (χ2v) is 10.2. The van der Waals surface area contributed by atoms with Crippen LogP contribution in [0.25, 0.3) is 0 Å². The van der Waals surface area contributed by atoms with Gasteiger partial charge in [0.1, 0.15) is 35.6 Å². The van der Waals surface area contributed by atoms with Crippen LogP contribution in [0.5, 0.6) is 5.75 Å². The zero-order chi connectivity index (χ0) is 27.0. The number of piperazine rings is 1. The lowest BCUT2D eigenvalue weighted by atomic mass is 9.67.